The molecule has 0 radical (unpaired) electrons. The molecule has 2 aromatic rings. The summed E-state index contributed by atoms with van der Waals surface area (Å²) in [4.78, 5) is 0. The minimum absolute atomic E-state index is 0.385. The molecule has 1 fully saturated rings. The number of rotatable bonds is 6. The first-order valence-corrected chi connectivity index (χ1v) is 8.55. The second-order valence-electron chi connectivity index (χ2n) is 6.31. The SMILES string of the molecule is OC1CC[C@H](OCc2ccccc2)[C@H]([C@H](O)[C@@H](O)c2ccccc2)O1. The molecule has 3 N–H and O–H groups in total. The van der Waals surface area contributed by atoms with Gasteiger partial charge in [0.15, 0.2) is 6.29 Å². The molecule has 5 nitrogen and oxygen atoms in total. The van der Waals surface area contributed by atoms with Crippen molar-refractivity contribution in [3.8, 4) is 0 Å². The molecule has 1 unspecified atom stereocenters. The summed E-state index contributed by atoms with van der Waals surface area (Å²) < 4.78 is 11.4. The first-order chi connectivity index (χ1) is 12.1. The zero-order valence-corrected chi connectivity index (χ0v) is 13.9. The molecule has 134 valence electrons. The predicted octanol–water partition coefficient (Wildman–Crippen LogP) is 2.16. The zero-order valence-electron chi connectivity index (χ0n) is 13.9. The third kappa shape index (κ3) is 4.66. The molecule has 1 heterocycles. The highest BCUT2D eigenvalue weighted by Crippen LogP contribution is 2.29. The van der Waals surface area contributed by atoms with E-state index < -0.39 is 30.7 Å². The Morgan fingerprint density at radius 1 is 0.960 bits per heavy atom. The lowest BCUT2D eigenvalue weighted by Gasteiger charge is -2.38. The quantitative estimate of drug-likeness (QED) is 0.748. The topological polar surface area (TPSA) is 79.2 Å². The van der Waals surface area contributed by atoms with Crippen LogP contribution in [0.25, 0.3) is 0 Å². The maximum absolute atomic E-state index is 10.6. The molecule has 5 atom stereocenters. The van der Waals surface area contributed by atoms with E-state index in [-0.39, 0.29) is 0 Å². The molecule has 25 heavy (non-hydrogen) atoms. The highest BCUT2D eigenvalue weighted by atomic mass is 16.6. The van der Waals surface area contributed by atoms with Crippen LogP contribution in [0.3, 0.4) is 0 Å². The van der Waals surface area contributed by atoms with Crippen LogP contribution in [0.15, 0.2) is 60.7 Å². The van der Waals surface area contributed by atoms with Gasteiger partial charge in [-0.25, -0.2) is 0 Å². The largest absolute Gasteiger partial charge is 0.387 e. The first-order valence-electron chi connectivity index (χ1n) is 8.55. The summed E-state index contributed by atoms with van der Waals surface area (Å²) in [6.07, 6.45) is -3.49. The van der Waals surface area contributed by atoms with Crippen LogP contribution < -0.4 is 0 Å². The summed E-state index contributed by atoms with van der Waals surface area (Å²) in [7, 11) is 0. The van der Waals surface area contributed by atoms with Crippen molar-refractivity contribution in [1.29, 1.82) is 0 Å². The molecule has 1 saturated heterocycles. The third-order valence-electron chi connectivity index (χ3n) is 4.49. The van der Waals surface area contributed by atoms with Crippen LogP contribution in [0.2, 0.25) is 0 Å². The minimum Gasteiger partial charge on any atom is -0.387 e. The normalized spacial score (nSPS) is 26.1. The molecule has 0 amide bonds. The fraction of sp³-hybridized carbons (Fsp3) is 0.400. The average molecular weight is 344 g/mol. The molecule has 0 aromatic heterocycles. The van der Waals surface area contributed by atoms with E-state index in [2.05, 4.69) is 0 Å². The van der Waals surface area contributed by atoms with Gasteiger partial charge in [-0.1, -0.05) is 60.7 Å². The lowest BCUT2D eigenvalue weighted by Crippen LogP contribution is -2.49. The highest BCUT2D eigenvalue weighted by molar-refractivity contribution is 5.19. The average Bonchev–Trinajstić information content (AvgIpc) is 2.67. The Bertz CT molecular complexity index is 633. The molecular formula is C20H24O5. The standard InChI is InChI=1S/C20H24O5/c21-17-12-11-16(24-13-14-7-3-1-4-8-14)20(25-17)19(23)18(22)15-9-5-2-6-10-15/h1-10,16-23H,11-13H2/t16-,17?,18-,19+,20+/m0/s1. The molecule has 2 aromatic carbocycles. The number of hydrogen-bond acceptors (Lipinski definition) is 5. The van der Waals surface area contributed by atoms with Gasteiger partial charge in [0.1, 0.15) is 18.3 Å². The molecule has 3 rings (SSSR count). The maximum atomic E-state index is 10.6. The summed E-state index contributed by atoms with van der Waals surface area (Å²) in [5.74, 6) is 0. The molecule has 5 heteroatoms. The highest BCUT2D eigenvalue weighted by Gasteiger charge is 2.39. The van der Waals surface area contributed by atoms with Crippen LogP contribution >= 0.6 is 0 Å². The fourth-order valence-electron chi connectivity index (χ4n) is 3.09. The van der Waals surface area contributed by atoms with Crippen molar-refractivity contribution in [2.75, 3.05) is 0 Å². The van der Waals surface area contributed by atoms with Gasteiger partial charge >= 0.3 is 0 Å². The summed E-state index contributed by atoms with van der Waals surface area (Å²) in [5, 5.41) is 30.9. The van der Waals surface area contributed by atoms with E-state index in [1.54, 1.807) is 24.3 Å². The Kier molecular flexibility index (Phi) is 6.18. The van der Waals surface area contributed by atoms with E-state index >= 15 is 0 Å². The van der Waals surface area contributed by atoms with Crippen LogP contribution in [0.5, 0.6) is 0 Å². The van der Waals surface area contributed by atoms with E-state index in [1.807, 2.05) is 36.4 Å². The van der Waals surface area contributed by atoms with Crippen LogP contribution in [-0.2, 0) is 16.1 Å². The number of hydrogen-bond donors (Lipinski definition) is 3. The Hall–Kier alpha value is -1.76. The molecular weight excluding hydrogens is 320 g/mol. The van der Waals surface area contributed by atoms with Crippen molar-refractivity contribution in [2.24, 2.45) is 0 Å². The Morgan fingerprint density at radius 2 is 1.60 bits per heavy atom. The molecule has 0 bridgehead atoms. The number of ether oxygens (including phenoxy) is 2. The third-order valence-corrected chi connectivity index (χ3v) is 4.49. The zero-order chi connectivity index (χ0) is 17.6. The van der Waals surface area contributed by atoms with Crippen LogP contribution in [0, 0.1) is 0 Å². The van der Waals surface area contributed by atoms with Crippen molar-refractivity contribution < 1.29 is 24.8 Å². The number of aliphatic hydroxyl groups excluding tert-OH is 3. The van der Waals surface area contributed by atoms with Gasteiger partial charge in [0.2, 0.25) is 0 Å². The van der Waals surface area contributed by atoms with Gasteiger partial charge in [-0.3, -0.25) is 0 Å². The summed E-state index contributed by atoms with van der Waals surface area (Å²) in [5.41, 5.74) is 1.62. The Labute approximate surface area is 147 Å². The van der Waals surface area contributed by atoms with Crippen molar-refractivity contribution >= 4 is 0 Å². The second kappa shape index (κ2) is 8.56. The van der Waals surface area contributed by atoms with Gasteiger partial charge in [0.05, 0.1) is 12.7 Å². The van der Waals surface area contributed by atoms with E-state index in [1.165, 1.54) is 0 Å². The Morgan fingerprint density at radius 3 is 2.28 bits per heavy atom. The van der Waals surface area contributed by atoms with Crippen molar-refractivity contribution in [3.63, 3.8) is 0 Å². The lowest BCUT2D eigenvalue weighted by atomic mass is 9.93. The van der Waals surface area contributed by atoms with Gasteiger partial charge in [-0.15, -0.1) is 0 Å². The number of benzene rings is 2. The Balaban J connectivity index is 1.68. The molecule has 0 aliphatic carbocycles. The molecule has 0 spiro atoms. The van der Waals surface area contributed by atoms with Gasteiger partial charge in [0, 0.05) is 6.42 Å². The fourth-order valence-corrected chi connectivity index (χ4v) is 3.09. The monoisotopic (exact) mass is 344 g/mol. The first kappa shape index (κ1) is 18.0. The van der Waals surface area contributed by atoms with E-state index in [0.29, 0.717) is 25.0 Å². The smallest absolute Gasteiger partial charge is 0.155 e. The van der Waals surface area contributed by atoms with Gasteiger partial charge in [-0.2, -0.15) is 0 Å². The predicted molar refractivity (Wildman–Crippen MR) is 92.5 cm³/mol. The summed E-state index contributed by atoms with van der Waals surface area (Å²) in [6, 6.07) is 18.7. The molecule has 0 saturated carbocycles. The molecule has 1 aliphatic rings. The van der Waals surface area contributed by atoms with E-state index in [0.717, 1.165) is 5.56 Å². The van der Waals surface area contributed by atoms with E-state index in [9.17, 15) is 15.3 Å². The van der Waals surface area contributed by atoms with E-state index in [4.69, 9.17) is 9.47 Å². The van der Waals surface area contributed by atoms with Gasteiger partial charge in [-0.05, 0) is 17.5 Å². The maximum Gasteiger partial charge on any atom is 0.155 e. The van der Waals surface area contributed by atoms with Crippen LogP contribution in [0.4, 0.5) is 0 Å². The number of aliphatic hydroxyl groups is 3. The van der Waals surface area contributed by atoms with Crippen LogP contribution in [-0.4, -0.2) is 39.9 Å². The van der Waals surface area contributed by atoms with Crippen LogP contribution in [0.1, 0.15) is 30.1 Å². The lowest BCUT2D eigenvalue weighted by molar-refractivity contribution is -0.247. The van der Waals surface area contributed by atoms with Crippen molar-refractivity contribution in [2.45, 2.75) is 50.2 Å². The minimum atomic E-state index is -1.20. The van der Waals surface area contributed by atoms with Crippen molar-refractivity contribution in [3.05, 3.63) is 71.8 Å². The van der Waals surface area contributed by atoms with Gasteiger partial charge < -0.3 is 24.8 Å². The molecule has 1 aliphatic heterocycles. The summed E-state index contributed by atoms with van der Waals surface area (Å²) in [6.45, 7) is 0.385. The van der Waals surface area contributed by atoms with Crippen molar-refractivity contribution in [1.82, 2.24) is 0 Å². The summed E-state index contributed by atoms with van der Waals surface area (Å²) >= 11 is 0. The van der Waals surface area contributed by atoms with Gasteiger partial charge in [0.25, 0.3) is 0 Å². The second-order valence-corrected chi connectivity index (χ2v) is 6.31.